The normalized spacial score (nSPS) is 16.8. The van der Waals surface area contributed by atoms with Crippen LogP contribution in [0, 0.1) is 6.92 Å². The van der Waals surface area contributed by atoms with Crippen molar-refractivity contribution < 1.29 is 0 Å². The van der Waals surface area contributed by atoms with Crippen molar-refractivity contribution in [2.45, 2.75) is 32.4 Å². The van der Waals surface area contributed by atoms with Crippen LogP contribution in [0.25, 0.3) is 0 Å². The lowest BCUT2D eigenvalue weighted by atomic mass is 10.0. The molecule has 0 amide bonds. The fraction of sp³-hybridized carbons (Fsp3) is 0.562. The Morgan fingerprint density at radius 2 is 2.05 bits per heavy atom. The molecule has 6 nitrogen and oxygen atoms in total. The summed E-state index contributed by atoms with van der Waals surface area (Å²) in [6.07, 6.45) is 9.77. The van der Waals surface area contributed by atoms with E-state index in [-0.39, 0.29) is 0 Å². The first kappa shape index (κ1) is 15.0. The van der Waals surface area contributed by atoms with Gasteiger partial charge in [0.2, 0.25) is 0 Å². The van der Waals surface area contributed by atoms with Crippen LogP contribution in [0.3, 0.4) is 0 Å². The molecule has 6 heteroatoms. The summed E-state index contributed by atoms with van der Waals surface area (Å²) in [4.78, 5) is 17.5. The topological polar surface area (TPSA) is 50.1 Å². The maximum absolute atomic E-state index is 4.39. The Labute approximate surface area is 131 Å². The van der Waals surface area contributed by atoms with Crippen LogP contribution in [0.5, 0.6) is 0 Å². The molecule has 1 aliphatic heterocycles. The standard InChI is InChI=1S/C16H24N6/c1-14-11-16(19-12-18-14)20(2)15-3-6-21(7-4-15)9-10-22-8-5-17-13-22/h5,8,11-13,15H,3-4,6-7,9-10H2,1-2H3. The molecule has 0 bridgehead atoms. The molecule has 0 unspecified atom stereocenters. The number of hydrogen-bond donors (Lipinski definition) is 0. The van der Waals surface area contributed by atoms with E-state index in [1.54, 1.807) is 6.33 Å². The van der Waals surface area contributed by atoms with Gasteiger partial charge in [-0.2, -0.15) is 0 Å². The Balaban J connectivity index is 1.48. The van der Waals surface area contributed by atoms with Gasteiger partial charge in [-0.25, -0.2) is 15.0 Å². The molecule has 0 radical (unpaired) electrons. The molecule has 1 fully saturated rings. The Bertz CT molecular complexity index is 574. The SMILES string of the molecule is Cc1cc(N(C)C2CCN(CCn3ccnc3)CC2)ncn1. The molecule has 3 rings (SSSR count). The summed E-state index contributed by atoms with van der Waals surface area (Å²) in [5.41, 5.74) is 1.02. The molecule has 0 spiro atoms. The number of imidazole rings is 1. The van der Waals surface area contributed by atoms with Crippen LogP contribution in [0.2, 0.25) is 0 Å². The van der Waals surface area contributed by atoms with Crippen molar-refractivity contribution in [3.8, 4) is 0 Å². The van der Waals surface area contributed by atoms with Crippen molar-refractivity contribution in [2.24, 2.45) is 0 Å². The lowest BCUT2D eigenvalue weighted by molar-refractivity contribution is 0.204. The predicted octanol–water partition coefficient (Wildman–Crippen LogP) is 1.58. The van der Waals surface area contributed by atoms with E-state index in [0.29, 0.717) is 6.04 Å². The maximum Gasteiger partial charge on any atom is 0.132 e. The van der Waals surface area contributed by atoms with Crippen molar-refractivity contribution in [1.82, 2.24) is 24.4 Å². The molecule has 2 aromatic rings. The van der Waals surface area contributed by atoms with Gasteiger partial charge in [0, 0.05) is 63.4 Å². The third kappa shape index (κ3) is 3.62. The van der Waals surface area contributed by atoms with E-state index in [4.69, 9.17) is 0 Å². The van der Waals surface area contributed by atoms with Crippen LogP contribution in [-0.4, -0.2) is 57.1 Å². The fourth-order valence-corrected chi connectivity index (χ4v) is 3.03. The largest absolute Gasteiger partial charge is 0.356 e. The monoisotopic (exact) mass is 300 g/mol. The first-order chi connectivity index (χ1) is 10.7. The van der Waals surface area contributed by atoms with Crippen molar-refractivity contribution in [2.75, 3.05) is 31.6 Å². The number of piperidine rings is 1. The van der Waals surface area contributed by atoms with Gasteiger partial charge in [0.1, 0.15) is 12.1 Å². The summed E-state index contributed by atoms with van der Waals surface area (Å²) in [5, 5.41) is 0. The van der Waals surface area contributed by atoms with Crippen molar-refractivity contribution in [3.63, 3.8) is 0 Å². The average Bonchev–Trinajstić information content (AvgIpc) is 3.06. The lowest BCUT2D eigenvalue weighted by Gasteiger charge is -2.37. The molecule has 2 aromatic heterocycles. The quantitative estimate of drug-likeness (QED) is 0.839. The minimum Gasteiger partial charge on any atom is -0.356 e. The highest BCUT2D eigenvalue weighted by Crippen LogP contribution is 2.20. The van der Waals surface area contributed by atoms with E-state index in [1.165, 1.54) is 12.8 Å². The van der Waals surface area contributed by atoms with Gasteiger partial charge < -0.3 is 14.4 Å². The van der Waals surface area contributed by atoms with Gasteiger partial charge in [-0.15, -0.1) is 0 Å². The number of aromatic nitrogens is 4. The smallest absolute Gasteiger partial charge is 0.132 e. The van der Waals surface area contributed by atoms with Crippen LogP contribution in [0.15, 0.2) is 31.1 Å². The van der Waals surface area contributed by atoms with Crippen LogP contribution in [0.1, 0.15) is 18.5 Å². The number of anilines is 1. The molecule has 0 aliphatic carbocycles. The van der Waals surface area contributed by atoms with Crippen molar-refractivity contribution >= 4 is 5.82 Å². The summed E-state index contributed by atoms with van der Waals surface area (Å²) in [7, 11) is 2.15. The number of aryl methyl sites for hydroxylation is 1. The van der Waals surface area contributed by atoms with Gasteiger partial charge >= 0.3 is 0 Å². The third-order valence-electron chi connectivity index (χ3n) is 4.49. The van der Waals surface area contributed by atoms with Crippen LogP contribution >= 0.6 is 0 Å². The highest BCUT2D eigenvalue weighted by molar-refractivity contribution is 5.39. The average molecular weight is 300 g/mol. The molecular formula is C16H24N6. The summed E-state index contributed by atoms with van der Waals surface area (Å²) in [5.74, 6) is 1.03. The Morgan fingerprint density at radius 3 is 2.73 bits per heavy atom. The van der Waals surface area contributed by atoms with E-state index in [1.807, 2.05) is 25.6 Å². The van der Waals surface area contributed by atoms with Gasteiger partial charge in [-0.1, -0.05) is 0 Å². The zero-order valence-electron chi connectivity index (χ0n) is 13.4. The van der Waals surface area contributed by atoms with Crippen LogP contribution in [0.4, 0.5) is 5.82 Å². The minimum atomic E-state index is 0.568. The summed E-state index contributed by atoms with van der Waals surface area (Å²) >= 11 is 0. The first-order valence-electron chi connectivity index (χ1n) is 7.92. The fourth-order valence-electron chi connectivity index (χ4n) is 3.03. The molecule has 0 aromatic carbocycles. The number of nitrogens with zero attached hydrogens (tertiary/aromatic N) is 6. The maximum atomic E-state index is 4.39. The lowest BCUT2D eigenvalue weighted by Crippen LogP contribution is -2.44. The highest BCUT2D eigenvalue weighted by atomic mass is 15.2. The summed E-state index contributed by atoms with van der Waals surface area (Å²) in [6.45, 7) is 6.42. The highest BCUT2D eigenvalue weighted by Gasteiger charge is 2.23. The van der Waals surface area contributed by atoms with E-state index in [9.17, 15) is 0 Å². The second-order valence-electron chi connectivity index (χ2n) is 6.00. The van der Waals surface area contributed by atoms with Gasteiger partial charge in [-0.05, 0) is 19.8 Å². The Hall–Kier alpha value is -1.95. The van der Waals surface area contributed by atoms with Gasteiger partial charge in [0.05, 0.1) is 6.33 Å². The summed E-state index contributed by atoms with van der Waals surface area (Å²) < 4.78 is 2.14. The Morgan fingerprint density at radius 1 is 1.23 bits per heavy atom. The van der Waals surface area contributed by atoms with Gasteiger partial charge in [-0.3, -0.25) is 0 Å². The van der Waals surface area contributed by atoms with Gasteiger partial charge in [0.25, 0.3) is 0 Å². The Kier molecular flexibility index (Phi) is 4.68. The van der Waals surface area contributed by atoms with Crippen LogP contribution < -0.4 is 4.90 Å². The second kappa shape index (κ2) is 6.87. The van der Waals surface area contributed by atoms with Crippen molar-refractivity contribution in [3.05, 3.63) is 36.8 Å². The van der Waals surface area contributed by atoms with Crippen LogP contribution in [-0.2, 0) is 6.54 Å². The zero-order chi connectivity index (χ0) is 15.4. The molecular weight excluding hydrogens is 276 g/mol. The molecule has 1 saturated heterocycles. The van der Waals surface area contributed by atoms with E-state index in [0.717, 1.165) is 37.7 Å². The van der Waals surface area contributed by atoms with E-state index < -0.39 is 0 Å². The molecule has 0 saturated carbocycles. The third-order valence-corrected chi connectivity index (χ3v) is 4.49. The van der Waals surface area contributed by atoms with Crippen molar-refractivity contribution in [1.29, 1.82) is 0 Å². The molecule has 22 heavy (non-hydrogen) atoms. The second-order valence-corrected chi connectivity index (χ2v) is 6.00. The molecule has 0 N–H and O–H groups in total. The zero-order valence-corrected chi connectivity index (χ0v) is 13.4. The molecule has 118 valence electrons. The molecule has 3 heterocycles. The molecule has 1 aliphatic rings. The minimum absolute atomic E-state index is 0.568. The predicted molar refractivity (Wildman–Crippen MR) is 86.9 cm³/mol. The van der Waals surface area contributed by atoms with E-state index >= 15 is 0 Å². The number of likely N-dealkylation sites (tertiary alicyclic amines) is 1. The summed E-state index contributed by atoms with van der Waals surface area (Å²) in [6, 6.07) is 2.63. The first-order valence-corrected chi connectivity index (χ1v) is 7.92. The number of hydrogen-bond acceptors (Lipinski definition) is 5. The number of rotatable bonds is 5. The van der Waals surface area contributed by atoms with Gasteiger partial charge in [0.15, 0.2) is 0 Å². The van der Waals surface area contributed by atoms with E-state index in [2.05, 4.69) is 42.4 Å². The molecule has 0 atom stereocenters.